The van der Waals surface area contributed by atoms with Crippen molar-refractivity contribution in [2.24, 2.45) is 54.4 Å². The molecule has 0 saturated carbocycles. The van der Waals surface area contributed by atoms with Gasteiger partial charge >= 0.3 is 179 Å². The molecule has 0 fully saturated rings. The third-order valence-corrected chi connectivity index (χ3v) is 24.8. The van der Waals surface area contributed by atoms with Gasteiger partial charge in [0.1, 0.15) is 11.4 Å². The fourth-order valence-electron chi connectivity index (χ4n) is 7.40. The smallest absolute Gasteiger partial charge is 1.00 e. The molecule has 2 aromatic heterocycles. The number of halogens is 2. The van der Waals surface area contributed by atoms with Gasteiger partial charge in [-0.15, -0.1) is 0 Å². The second-order valence-electron chi connectivity index (χ2n) is 19.5. The number of azo groups is 2. The maximum Gasteiger partial charge on any atom is 1.00 e. The number of rotatable bonds is 36. The molecule has 35 nitrogen and oxygen atoms in total. The van der Waals surface area contributed by atoms with Crippen molar-refractivity contribution in [1.82, 2.24) is 9.13 Å². The Bertz CT molecular complexity index is 2610. The van der Waals surface area contributed by atoms with Crippen LogP contribution in [0.3, 0.4) is 0 Å². The van der Waals surface area contributed by atoms with Crippen LogP contribution >= 0.6 is 0 Å². The molecule has 4 N–H and O–H groups in total. The number of nitrogens with two attached hydrogens (primary N) is 1. The quantitative estimate of drug-likeness (QED) is 0.00556. The summed E-state index contributed by atoms with van der Waals surface area (Å²) in [5.41, 5.74) is 9.04. The Kier molecular flexibility index (Phi) is 77.7. The number of nitrogens with one attached hydrogen (secondary N) is 2. The van der Waals surface area contributed by atoms with Gasteiger partial charge in [0.15, 0.2) is 0 Å². The van der Waals surface area contributed by atoms with Crippen LogP contribution in [0.15, 0.2) is 93.8 Å². The molecule has 4 rings (SSSR count). The molecule has 46 heteroatoms. The molecule has 0 aliphatic carbocycles. The van der Waals surface area contributed by atoms with Gasteiger partial charge in [-0.2, -0.15) is 8.42 Å². The van der Waals surface area contributed by atoms with Crippen molar-refractivity contribution >= 4 is 105 Å². The first-order valence-corrected chi connectivity index (χ1v) is 39.0. The van der Waals surface area contributed by atoms with Gasteiger partial charge in [0.25, 0.3) is 6.47 Å². The van der Waals surface area contributed by atoms with E-state index in [1.54, 1.807) is 85.3 Å². The molecule has 0 saturated heterocycles. The number of aryl methyl sites for hydroxylation is 4. The molecule has 98 heavy (non-hydrogen) atoms. The molecule has 0 unspecified atom stereocenters. The van der Waals surface area contributed by atoms with Crippen molar-refractivity contribution < 1.29 is 245 Å². The number of imidazole rings is 2. The number of hydrogen-bond acceptors (Lipinski definition) is 30. The fourth-order valence-corrected chi connectivity index (χ4v) is 14.4. The third-order valence-electron chi connectivity index (χ3n) is 12.7. The number of carbonyl (C=O) groups excluding carboxylic acids is 1. The van der Waals surface area contributed by atoms with Gasteiger partial charge < -0.3 is 110 Å². The first-order valence-electron chi connectivity index (χ1n) is 28.3. The van der Waals surface area contributed by atoms with Gasteiger partial charge in [-0.25, -0.2) is 18.3 Å². The molecular formula is C52H105Cl2K2N12O23SSi6+. The van der Waals surface area contributed by atoms with Crippen LogP contribution in [0, 0.1) is 0 Å². The van der Waals surface area contributed by atoms with E-state index in [4.69, 9.17) is 86.7 Å². The van der Waals surface area contributed by atoms with Crippen molar-refractivity contribution in [2.45, 2.75) is 49.9 Å². The minimum atomic E-state index is -3.66. The van der Waals surface area contributed by atoms with E-state index < -0.39 is 64.2 Å². The van der Waals surface area contributed by atoms with Crippen molar-refractivity contribution in [2.75, 3.05) is 157 Å². The number of nitrogens with zero attached hydrogens (tertiary/aromatic N) is 9. The Balaban J connectivity index is -0.000000147. The average molecular weight is 1620 g/mol. The normalized spacial score (nSPS) is 10.8. The van der Waals surface area contributed by atoms with Gasteiger partial charge in [0, 0.05) is 151 Å². The Morgan fingerprint density at radius 3 is 0.980 bits per heavy atom. The predicted molar refractivity (Wildman–Crippen MR) is 354 cm³/mol. The Labute approximate surface area is 686 Å². The number of benzene rings is 2. The second-order valence-corrected chi connectivity index (χ2v) is 33.7. The first kappa shape index (κ1) is 113. The number of aromatic nitrogens is 4. The largest absolute Gasteiger partial charge is 1.00 e. The van der Waals surface area contributed by atoms with Crippen LogP contribution in [-0.4, -0.2) is 229 Å². The van der Waals surface area contributed by atoms with Crippen LogP contribution in [0.25, 0.3) is 0 Å². The van der Waals surface area contributed by atoms with Gasteiger partial charge in [-0.1, -0.05) is 10.2 Å². The van der Waals surface area contributed by atoms with E-state index in [0.717, 1.165) is 123 Å². The van der Waals surface area contributed by atoms with Gasteiger partial charge in [-0.3, -0.25) is 31.0 Å². The molecule has 0 radical (unpaired) electrons. The van der Waals surface area contributed by atoms with E-state index in [1.165, 1.54) is 0 Å². The van der Waals surface area contributed by atoms with E-state index in [0.29, 0.717) is 6.54 Å². The maximum absolute atomic E-state index is 9.92. The zero-order valence-corrected chi connectivity index (χ0v) is 75.7. The average Bonchev–Trinajstić information content (AvgIpc) is 1.85. The monoisotopic (exact) mass is 1610 g/mol. The Morgan fingerprint density at radius 2 is 0.786 bits per heavy atom. The van der Waals surface area contributed by atoms with E-state index in [9.17, 15) is 8.42 Å². The van der Waals surface area contributed by atoms with Gasteiger partial charge in [0.2, 0.25) is 0 Å². The van der Waals surface area contributed by atoms with Gasteiger partial charge in [-0.05, 0) is 74.3 Å². The number of carbonyl (C=O) groups is 1. The molecule has 2 heterocycles. The number of hydrogen-bond donors (Lipinski definition) is 3. The van der Waals surface area contributed by atoms with Crippen LogP contribution in [0.1, 0.15) is 27.1 Å². The van der Waals surface area contributed by atoms with E-state index in [-0.39, 0.29) is 135 Å². The predicted octanol–water partition coefficient (Wildman–Crippen LogP) is -8.09. The van der Waals surface area contributed by atoms with Crippen LogP contribution in [0.5, 0.6) is 0 Å². The molecular weight excluding hydrogens is 1510 g/mol. The van der Waals surface area contributed by atoms with Crippen molar-refractivity contribution in [3.8, 4) is 0 Å². The zero-order valence-electron chi connectivity index (χ0n) is 62.1. The van der Waals surface area contributed by atoms with Crippen LogP contribution < -0.4 is 158 Å². The Hall–Kier alpha value is -1.25. The maximum atomic E-state index is 9.92. The molecule has 0 atom stereocenters. The first-order chi connectivity index (χ1) is 44.6. The minimum Gasteiger partial charge on any atom is -1.00 e. The van der Waals surface area contributed by atoms with E-state index >= 15 is 0 Å². The van der Waals surface area contributed by atoms with E-state index in [2.05, 4.69) is 65.5 Å². The fraction of sp³-hybridized carbons (Fsp3) is 0.635. The molecule has 0 aliphatic heterocycles. The second kappa shape index (κ2) is 67.6. The summed E-state index contributed by atoms with van der Waals surface area (Å²) in [5, 5.41) is 32.3. The Morgan fingerprint density at radius 1 is 0.531 bits per heavy atom. The SMILES string of the molecule is COS(=O)(=O)OC.CO[Si](CCCN)(OC)OC.CO[Si](CCCNc1ccc(N=Nc2n(C)cc[n+]2C)cc1)(OC)OC.CO[Si](CCCNc1ccc(N=Nc2n(C)cc[n+]2C)cc1)(OC)OC.CO[Si](CCC[N+](C)(C)C)(OC)OC.O=CO[O-].O=[Si]=O.O=[Si]=O.[Cl-].[Cl-].[H-].[K+].[K+]. The summed E-state index contributed by atoms with van der Waals surface area (Å²) in [5.74, 6) is 1.57. The molecule has 0 spiro atoms. The van der Waals surface area contributed by atoms with E-state index in [1.807, 2.05) is 120 Å². The van der Waals surface area contributed by atoms with Crippen LogP contribution in [-0.2, 0) is 128 Å². The summed E-state index contributed by atoms with van der Waals surface area (Å²) in [6.45, 7) is 3.19. The molecule has 2 aromatic carbocycles. The summed E-state index contributed by atoms with van der Waals surface area (Å²) in [6, 6.07) is 18.9. The standard InChI is InChI=1S/2C17H27N5O3Si.C9H24NO3Si.C6H17NO3Si.C2H6O4S.CH2O3.2ClH.2K.2O2Si.H/c2*1-21-12-13-22(2)17(21)20-19-16-9-7-15(8-10-16)18-11-6-14-26(23-3,24-4)25-5;1-10(2,3)8-7-9-14(11-4,12-5)13-6;1-8-11(9-2,10-3)6-4-5-7;1-5-7(3,4)6-2;2-1-4-3;;;;;2*1-3-2;/h2*7-10,12-13H,6,11,14H2,1-5H3;7-9H2,1-6H3;4-7H2,1-3H3;1-2H3;1,3H;2*1H;;;;;/q;;+1;;;;;;2*+1;;;-1/p-1. The van der Waals surface area contributed by atoms with Crippen molar-refractivity contribution in [1.29, 1.82) is 0 Å². The zero-order chi connectivity index (χ0) is 72.7. The van der Waals surface area contributed by atoms with Gasteiger partial charge in [0.05, 0.1) is 94.9 Å². The van der Waals surface area contributed by atoms with Crippen LogP contribution in [0.4, 0.5) is 34.6 Å². The third kappa shape index (κ3) is 51.8. The minimum absolute atomic E-state index is 0. The molecule has 0 aliphatic rings. The summed E-state index contributed by atoms with van der Waals surface area (Å²) in [4.78, 5) is 11.2. The summed E-state index contributed by atoms with van der Waals surface area (Å²) < 4.78 is 134. The summed E-state index contributed by atoms with van der Waals surface area (Å²) in [6.07, 6.45) is 11.5. The summed E-state index contributed by atoms with van der Waals surface area (Å²) in [7, 11) is 19.8. The van der Waals surface area contributed by atoms with Crippen molar-refractivity contribution in [3.05, 3.63) is 73.3 Å². The van der Waals surface area contributed by atoms with Crippen LogP contribution in [0.2, 0.25) is 24.2 Å². The molecule has 556 valence electrons. The molecule has 4 aromatic rings. The number of quaternary nitrogens is 1. The topological polar surface area (TPSA) is 398 Å². The molecule has 0 bridgehead atoms. The number of anilines is 2. The summed E-state index contributed by atoms with van der Waals surface area (Å²) >= 11 is 0. The van der Waals surface area contributed by atoms with Crippen molar-refractivity contribution in [3.63, 3.8) is 0 Å². The molecule has 0 amide bonds.